The van der Waals surface area contributed by atoms with E-state index < -0.39 is 17.8 Å². The van der Waals surface area contributed by atoms with Crippen molar-refractivity contribution in [1.29, 1.82) is 0 Å². The fourth-order valence-corrected chi connectivity index (χ4v) is 2.62. The summed E-state index contributed by atoms with van der Waals surface area (Å²) in [7, 11) is 1.52. The minimum Gasteiger partial charge on any atom is -0.481 e. The molecule has 1 aliphatic rings. The molecule has 2 rings (SSSR count). The van der Waals surface area contributed by atoms with Crippen LogP contribution in [0.15, 0.2) is 17.5 Å². The summed E-state index contributed by atoms with van der Waals surface area (Å²) in [6.45, 7) is 0.396. The highest BCUT2D eigenvalue weighted by Gasteiger charge is 2.49. The van der Waals surface area contributed by atoms with Crippen molar-refractivity contribution in [3.8, 4) is 0 Å². The van der Waals surface area contributed by atoms with Crippen molar-refractivity contribution in [2.75, 3.05) is 13.6 Å². The number of carboxylic acids is 1. The van der Waals surface area contributed by atoms with Crippen molar-refractivity contribution in [1.82, 2.24) is 10.2 Å². The first-order chi connectivity index (χ1) is 9.49. The van der Waals surface area contributed by atoms with E-state index in [-0.39, 0.29) is 18.4 Å². The van der Waals surface area contributed by atoms with Crippen LogP contribution in [0.3, 0.4) is 0 Å². The minimum absolute atomic E-state index is 0.0486. The molecule has 6 nitrogen and oxygen atoms in total. The number of thiophene rings is 1. The fourth-order valence-electron chi connectivity index (χ4n) is 1.97. The number of nitrogens with one attached hydrogen (secondary N) is 1. The van der Waals surface area contributed by atoms with Gasteiger partial charge in [0.25, 0.3) is 0 Å². The first-order valence-corrected chi connectivity index (χ1v) is 7.14. The second-order valence-corrected chi connectivity index (χ2v) is 5.87. The van der Waals surface area contributed by atoms with Gasteiger partial charge in [0.1, 0.15) is 0 Å². The van der Waals surface area contributed by atoms with Gasteiger partial charge in [-0.15, -0.1) is 11.3 Å². The second kappa shape index (κ2) is 6.04. The van der Waals surface area contributed by atoms with Crippen molar-refractivity contribution in [3.63, 3.8) is 0 Å². The normalized spacial score (nSPS) is 20.2. The molecular formula is C13H16N2O4S. The number of hydrogen-bond acceptors (Lipinski definition) is 4. The van der Waals surface area contributed by atoms with Gasteiger partial charge >= 0.3 is 5.97 Å². The van der Waals surface area contributed by atoms with E-state index in [0.29, 0.717) is 13.0 Å². The molecule has 0 aliphatic heterocycles. The summed E-state index contributed by atoms with van der Waals surface area (Å²) in [6, 6.07) is 3.82. The standard InChI is InChI=1S/C13H16N2O4S/c1-15(12(17)9-5-10(9)13(18)19)7-11(16)14-6-8-3-2-4-20-8/h2-4,9-10H,5-7H2,1H3,(H,14,16)(H,18,19). The molecule has 108 valence electrons. The number of amides is 2. The lowest BCUT2D eigenvalue weighted by Gasteiger charge is -2.16. The van der Waals surface area contributed by atoms with E-state index in [1.165, 1.54) is 11.9 Å². The van der Waals surface area contributed by atoms with Gasteiger partial charge in [-0.05, 0) is 17.9 Å². The molecule has 1 aliphatic carbocycles. The lowest BCUT2D eigenvalue weighted by molar-refractivity contribution is -0.142. The van der Waals surface area contributed by atoms with Crippen LogP contribution in [0.25, 0.3) is 0 Å². The number of aliphatic carboxylic acids is 1. The maximum atomic E-state index is 11.9. The zero-order valence-corrected chi connectivity index (χ0v) is 11.9. The Morgan fingerprint density at radius 3 is 2.75 bits per heavy atom. The topological polar surface area (TPSA) is 86.7 Å². The van der Waals surface area contributed by atoms with E-state index >= 15 is 0 Å². The van der Waals surface area contributed by atoms with E-state index in [0.717, 1.165) is 4.88 Å². The van der Waals surface area contributed by atoms with Gasteiger partial charge in [0.2, 0.25) is 11.8 Å². The van der Waals surface area contributed by atoms with E-state index in [9.17, 15) is 14.4 Å². The van der Waals surface area contributed by atoms with Gasteiger partial charge in [0.15, 0.2) is 0 Å². The number of carbonyl (C=O) groups is 3. The number of hydrogen-bond donors (Lipinski definition) is 2. The predicted molar refractivity (Wildman–Crippen MR) is 73.0 cm³/mol. The molecule has 20 heavy (non-hydrogen) atoms. The molecule has 0 saturated heterocycles. The third kappa shape index (κ3) is 3.57. The summed E-state index contributed by atoms with van der Waals surface area (Å²) in [4.78, 5) is 36.6. The zero-order chi connectivity index (χ0) is 14.7. The van der Waals surface area contributed by atoms with Gasteiger partial charge < -0.3 is 15.3 Å². The van der Waals surface area contributed by atoms with Crippen LogP contribution >= 0.6 is 11.3 Å². The monoisotopic (exact) mass is 296 g/mol. The first kappa shape index (κ1) is 14.5. The number of likely N-dealkylation sites (N-methyl/N-ethyl adjacent to an activating group) is 1. The maximum absolute atomic E-state index is 11.9. The van der Waals surface area contributed by atoms with Crippen molar-refractivity contribution < 1.29 is 19.5 Å². The summed E-state index contributed by atoms with van der Waals surface area (Å²) in [5, 5.41) is 13.4. The SMILES string of the molecule is CN(CC(=O)NCc1cccs1)C(=O)C1CC1C(=O)O. The highest BCUT2D eigenvalue weighted by atomic mass is 32.1. The highest BCUT2D eigenvalue weighted by Crippen LogP contribution is 2.39. The largest absolute Gasteiger partial charge is 0.481 e. The van der Waals surface area contributed by atoms with Crippen molar-refractivity contribution >= 4 is 29.1 Å². The summed E-state index contributed by atoms with van der Waals surface area (Å²) in [5.74, 6) is -2.52. The summed E-state index contributed by atoms with van der Waals surface area (Å²) < 4.78 is 0. The van der Waals surface area contributed by atoms with E-state index in [1.807, 2.05) is 17.5 Å². The second-order valence-electron chi connectivity index (χ2n) is 4.84. The average Bonchev–Trinajstić information content (AvgIpc) is 3.04. The molecule has 2 atom stereocenters. The van der Waals surface area contributed by atoms with E-state index in [2.05, 4.69) is 5.32 Å². The molecular weight excluding hydrogens is 280 g/mol. The lowest BCUT2D eigenvalue weighted by atomic mass is 10.3. The molecule has 0 spiro atoms. The van der Waals surface area contributed by atoms with Crippen LogP contribution in [0.4, 0.5) is 0 Å². The minimum atomic E-state index is -0.945. The van der Waals surface area contributed by atoms with Gasteiger partial charge in [-0.25, -0.2) is 0 Å². The maximum Gasteiger partial charge on any atom is 0.307 e. The fraction of sp³-hybridized carbons (Fsp3) is 0.462. The van der Waals surface area contributed by atoms with Crippen LogP contribution in [0.1, 0.15) is 11.3 Å². The molecule has 1 heterocycles. The Labute approximate surface area is 120 Å². The molecule has 0 radical (unpaired) electrons. The summed E-state index contributed by atoms with van der Waals surface area (Å²) in [5.41, 5.74) is 0. The number of rotatable bonds is 6. The third-order valence-corrected chi connectivity index (χ3v) is 4.10. The third-order valence-electron chi connectivity index (χ3n) is 3.22. The summed E-state index contributed by atoms with van der Waals surface area (Å²) in [6.07, 6.45) is 0.370. The van der Waals surface area contributed by atoms with Crippen molar-refractivity contribution in [2.24, 2.45) is 11.8 Å². The van der Waals surface area contributed by atoms with Gasteiger partial charge in [-0.3, -0.25) is 14.4 Å². The molecule has 1 saturated carbocycles. The van der Waals surface area contributed by atoms with Gasteiger partial charge in [-0.1, -0.05) is 6.07 Å². The van der Waals surface area contributed by atoms with Crippen molar-refractivity contribution in [2.45, 2.75) is 13.0 Å². The van der Waals surface area contributed by atoms with Crippen LogP contribution in [-0.2, 0) is 20.9 Å². The van der Waals surface area contributed by atoms with Crippen LogP contribution in [-0.4, -0.2) is 41.4 Å². The smallest absolute Gasteiger partial charge is 0.307 e. The first-order valence-electron chi connectivity index (χ1n) is 6.26. The van der Waals surface area contributed by atoms with E-state index in [4.69, 9.17) is 5.11 Å². The Morgan fingerprint density at radius 1 is 1.45 bits per heavy atom. The quantitative estimate of drug-likeness (QED) is 0.802. The number of nitrogens with zero attached hydrogens (tertiary/aromatic N) is 1. The van der Waals surface area contributed by atoms with Crippen LogP contribution in [0.2, 0.25) is 0 Å². The molecule has 2 amide bonds. The van der Waals surface area contributed by atoms with Gasteiger partial charge in [0, 0.05) is 11.9 Å². The molecule has 1 aromatic heterocycles. The van der Waals surface area contributed by atoms with Crippen LogP contribution in [0, 0.1) is 11.8 Å². The molecule has 2 N–H and O–H groups in total. The predicted octanol–water partition coefficient (Wildman–Crippen LogP) is 0.543. The van der Waals surface area contributed by atoms with Gasteiger partial charge in [-0.2, -0.15) is 0 Å². The van der Waals surface area contributed by atoms with Crippen LogP contribution < -0.4 is 5.32 Å². The van der Waals surface area contributed by atoms with Crippen molar-refractivity contribution in [3.05, 3.63) is 22.4 Å². The molecule has 7 heteroatoms. The number of carboxylic acid groups (broad SMARTS) is 1. The Balaban J connectivity index is 1.73. The highest BCUT2D eigenvalue weighted by molar-refractivity contribution is 7.09. The molecule has 2 unspecified atom stereocenters. The molecule has 0 bridgehead atoms. The Bertz CT molecular complexity index is 514. The molecule has 0 aromatic carbocycles. The molecule has 1 aromatic rings. The van der Waals surface area contributed by atoms with Crippen LogP contribution in [0.5, 0.6) is 0 Å². The zero-order valence-electron chi connectivity index (χ0n) is 11.0. The van der Waals surface area contributed by atoms with E-state index in [1.54, 1.807) is 11.3 Å². The Morgan fingerprint density at radius 2 is 2.20 bits per heavy atom. The Hall–Kier alpha value is -1.89. The number of carbonyl (C=O) groups excluding carboxylic acids is 2. The summed E-state index contributed by atoms with van der Waals surface area (Å²) >= 11 is 1.55. The average molecular weight is 296 g/mol. The molecule has 1 fully saturated rings. The Kier molecular flexibility index (Phi) is 4.39. The lowest BCUT2D eigenvalue weighted by Crippen LogP contribution is -2.39. The van der Waals surface area contributed by atoms with Gasteiger partial charge in [0.05, 0.1) is 24.9 Å².